The van der Waals surface area contributed by atoms with Crippen LogP contribution in [0.4, 0.5) is 5.69 Å². The van der Waals surface area contributed by atoms with Gasteiger partial charge in [-0.15, -0.1) is 12.4 Å². The van der Waals surface area contributed by atoms with E-state index in [0.717, 1.165) is 22.7 Å². The molecule has 0 saturated carbocycles. The van der Waals surface area contributed by atoms with Gasteiger partial charge in [-0.25, -0.2) is 0 Å². The first-order valence-electron chi connectivity index (χ1n) is 5.86. The predicted molar refractivity (Wildman–Crippen MR) is 80.6 cm³/mol. The number of ether oxygens (including phenoxy) is 2. The fourth-order valence-corrected chi connectivity index (χ4v) is 1.69. The third kappa shape index (κ3) is 4.07. The van der Waals surface area contributed by atoms with Gasteiger partial charge in [-0.1, -0.05) is 30.3 Å². The molecule has 0 radical (unpaired) electrons. The van der Waals surface area contributed by atoms with Gasteiger partial charge in [0.2, 0.25) is 0 Å². The molecule has 4 heteroatoms. The topological polar surface area (TPSA) is 30.5 Å². The minimum Gasteiger partial charge on any atom is -0.497 e. The summed E-state index contributed by atoms with van der Waals surface area (Å²) >= 11 is 0. The largest absolute Gasteiger partial charge is 0.497 e. The van der Waals surface area contributed by atoms with Gasteiger partial charge in [0, 0.05) is 13.1 Å². The van der Waals surface area contributed by atoms with E-state index in [2.05, 4.69) is 5.32 Å². The van der Waals surface area contributed by atoms with E-state index in [1.54, 1.807) is 7.11 Å². The molecule has 0 spiro atoms. The van der Waals surface area contributed by atoms with Gasteiger partial charge in [-0.2, -0.15) is 0 Å². The van der Waals surface area contributed by atoms with Crippen molar-refractivity contribution in [3.05, 3.63) is 54.1 Å². The van der Waals surface area contributed by atoms with E-state index in [-0.39, 0.29) is 12.4 Å². The van der Waals surface area contributed by atoms with E-state index in [0.29, 0.717) is 6.61 Å². The summed E-state index contributed by atoms with van der Waals surface area (Å²) in [7, 11) is 3.52. The first kappa shape index (κ1) is 15.2. The maximum absolute atomic E-state index is 5.80. The van der Waals surface area contributed by atoms with Crippen LogP contribution in [0.15, 0.2) is 48.5 Å². The molecule has 19 heavy (non-hydrogen) atoms. The third-order valence-electron chi connectivity index (χ3n) is 2.69. The highest BCUT2D eigenvalue weighted by molar-refractivity contribution is 5.85. The second-order valence-corrected chi connectivity index (χ2v) is 3.89. The van der Waals surface area contributed by atoms with Crippen LogP contribution in [0.5, 0.6) is 11.5 Å². The zero-order chi connectivity index (χ0) is 12.8. The van der Waals surface area contributed by atoms with Crippen LogP contribution >= 0.6 is 12.4 Å². The van der Waals surface area contributed by atoms with Gasteiger partial charge >= 0.3 is 0 Å². The van der Waals surface area contributed by atoms with Crippen LogP contribution in [0.25, 0.3) is 0 Å². The van der Waals surface area contributed by atoms with Crippen molar-refractivity contribution in [3.8, 4) is 11.5 Å². The zero-order valence-corrected chi connectivity index (χ0v) is 11.9. The molecule has 0 bridgehead atoms. The van der Waals surface area contributed by atoms with E-state index in [1.807, 2.05) is 55.6 Å². The Kier molecular flexibility index (Phi) is 6.03. The van der Waals surface area contributed by atoms with E-state index in [1.165, 1.54) is 0 Å². The molecule has 2 aromatic carbocycles. The van der Waals surface area contributed by atoms with Gasteiger partial charge in [-0.3, -0.25) is 0 Å². The molecule has 0 amide bonds. The molecule has 0 aliphatic carbocycles. The molecule has 2 aromatic rings. The van der Waals surface area contributed by atoms with E-state index in [4.69, 9.17) is 9.47 Å². The molecule has 0 aromatic heterocycles. The van der Waals surface area contributed by atoms with Gasteiger partial charge in [-0.05, 0) is 17.7 Å². The number of hydrogen-bond acceptors (Lipinski definition) is 3. The Labute approximate surface area is 120 Å². The molecule has 0 aliphatic rings. The van der Waals surface area contributed by atoms with Crippen molar-refractivity contribution in [2.45, 2.75) is 6.61 Å². The summed E-state index contributed by atoms with van der Waals surface area (Å²) < 4.78 is 11.0. The number of methoxy groups -OCH3 is 1. The van der Waals surface area contributed by atoms with Crippen LogP contribution in [0, 0.1) is 0 Å². The van der Waals surface area contributed by atoms with Crippen molar-refractivity contribution < 1.29 is 9.47 Å². The van der Waals surface area contributed by atoms with Crippen molar-refractivity contribution in [2.75, 3.05) is 19.5 Å². The standard InChI is InChI=1S/C15H17NO2.ClH/c1-16-14-10-13(17-2)8-9-15(14)18-11-12-6-4-3-5-7-12;/h3-10,16H,11H2,1-2H3;1H. The first-order chi connectivity index (χ1) is 8.83. The van der Waals surface area contributed by atoms with E-state index < -0.39 is 0 Å². The number of anilines is 1. The Balaban J connectivity index is 0.00000180. The number of nitrogens with one attached hydrogen (secondary N) is 1. The van der Waals surface area contributed by atoms with E-state index >= 15 is 0 Å². The van der Waals surface area contributed by atoms with Crippen LogP contribution in [-0.4, -0.2) is 14.2 Å². The van der Waals surface area contributed by atoms with Crippen molar-refractivity contribution >= 4 is 18.1 Å². The highest BCUT2D eigenvalue weighted by Gasteiger charge is 2.04. The van der Waals surface area contributed by atoms with Gasteiger partial charge in [0.1, 0.15) is 18.1 Å². The summed E-state index contributed by atoms with van der Waals surface area (Å²) in [5, 5.41) is 3.10. The van der Waals surface area contributed by atoms with Crippen molar-refractivity contribution in [1.29, 1.82) is 0 Å². The van der Waals surface area contributed by atoms with E-state index in [9.17, 15) is 0 Å². The second kappa shape index (κ2) is 7.54. The number of rotatable bonds is 5. The van der Waals surface area contributed by atoms with Gasteiger partial charge in [0.15, 0.2) is 0 Å². The molecule has 102 valence electrons. The molecular formula is C15H18ClNO2. The molecule has 1 N–H and O–H groups in total. The summed E-state index contributed by atoms with van der Waals surface area (Å²) in [5.74, 6) is 1.63. The molecule has 0 fully saturated rings. The lowest BCUT2D eigenvalue weighted by atomic mass is 10.2. The van der Waals surface area contributed by atoms with Crippen molar-refractivity contribution in [1.82, 2.24) is 0 Å². The van der Waals surface area contributed by atoms with Crippen LogP contribution in [0.2, 0.25) is 0 Å². The Morgan fingerprint density at radius 3 is 2.42 bits per heavy atom. The maximum atomic E-state index is 5.80. The number of benzene rings is 2. The van der Waals surface area contributed by atoms with Crippen LogP contribution in [0.1, 0.15) is 5.56 Å². The molecule has 2 rings (SSSR count). The minimum absolute atomic E-state index is 0. The molecule has 0 atom stereocenters. The van der Waals surface area contributed by atoms with Gasteiger partial charge < -0.3 is 14.8 Å². The summed E-state index contributed by atoms with van der Waals surface area (Å²) in [6.07, 6.45) is 0. The summed E-state index contributed by atoms with van der Waals surface area (Å²) in [6, 6.07) is 15.8. The average molecular weight is 280 g/mol. The molecule has 0 aliphatic heterocycles. The normalized spacial score (nSPS) is 9.37. The van der Waals surface area contributed by atoms with Crippen molar-refractivity contribution in [2.24, 2.45) is 0 Å². The SMILES string of the molecule is CNc1cc(OC)ccc1OCc1ccccc1.Cl. The summed E-state index contributed by atoms with van der Waals surface area (Å²) in [6.45, 7) is 0.557. The lowest BCUT2D eigenvalue weighted by Gasteiger charge is -2.12. The lowest BCUT2D eigenvalue weighted by Crippen LogP contribution is -1.99. The smallest absolute Gasteiger partial charge is 0.143 e. The Morgan fingerprint density at radius 1 is 1.05 bits per heavy atom. The number of halogens is 1. The minimum atomic E-state index is 0. The summed E-state index contributed by atoms with van der Waals surface area (Å²) in [4.78, 5) is 0. The van der Waals surface area contributed by atoms with Crippen LogP contribution < -0.4 is 14.8 Å². The van der Waals surface area contributed by atoms with Crippen molar-refractivity contribution in [3.63, 3.8) is 0 Å². The predicted octanol–water partition coefficient (Wildman–Crippen LogP) is 3.74. The number of hydrogen-bond donors (Lipinski definition) is 1. The Morgan fingerprint density at radius 2 is 1.79 bits per heavy atom. The van der Waals surface area contributed by atoms with Crippen LogP contribution in [0.3, 0.4) is 0 Å². The second-order valence-electron chi connectivity index (χ2n) is 3.89. The molecular weight excluding hydrogens is 262 g/mol. The van der Waals surface area contributed by atoms with Gasteiger partial charge in [0.25, 0.3) is 0 Å². The fourth-order valence-electron chi connectivity index (χ4n) is 1.69. The lowest BCUT2D eigenvalue weighted by molar-refractivity contribution is 0.307. The van der Waals surface area contributed by atoms with Crippen LogP contribution in [-0.2, 0) is 6.61 Å². The average Bonchev–Trinajstić information content (AvgIpc) is 2.46. The maximum Gasteiger partial charge on any atom is 0.143 e. The molecule has 0 saturated heterocycles. The summed E-state index contributed by atoms with van der Waals surface area (Å²) in [5.41, 5.74) is 2.07. The van der Waals surface area contributed by atoms with Gasteiger partial charge in [0.05, 0.1) is 12.8 Å². The molecule has 0 unspecified atom stereocenters. The monoisotopic (exact) mass is 279 g/mol. The first-order valence-corrected chi connectivity index (χ1v) is 5.86. The highest BCUT2D eigenvalue weighted by atomic mass is 35.5. The highest BCUT2D eigenvalue weighted by Crippen LogP contribution is 2.29. The zero-order valence-electron chi connectivity index (χ0n) is 11.1. The third-order valence-corrected chi connectivity index (χ3v) is 2.69. The molecule has 0 heterocycles. The fraction of sp³-hybridized carbons (Fsp3) is 0.200. The molecule has 3 nitrogen and oxygen atoms in total. The Bertz CT molecular complexity index is 503. The Hall–Kier alpha value is -1.87. The quantitative estimate of drug-likeness (QED) is 0.904.